The molecule has 2 unspecified atom stereocenters. The molecule has 10 heteroatoms. The Morgan fingerprint density at radius 2 is 2.07 bits per heavy atom. The summed E-state index contributed by atoms with van der Waals surface area (Å²) in [4.78, 5) is 14.9. The first-order valence-electron chi connectivity index (χ1n) is 8.78. The molecule has 0 bridgehead atoms. The van der Waals surface area contributed by atoms with E-state index in [9.17, 15) is 23.1 Å². The van der Waals surface area contributed by atoms with Crippen LogP contribution < -0.4 is 0 Å². The number of furan rings is 1. The van der Waals surface area contributed by atoms with Crippen LogP contribution in [-0.4, -0.2) is 53.2 Å². The first kappa shape index (κ1) is 22.0. The van der Waals surface area contributed by atoms with E-state index < -0.39 is 30.8 Å². The SMILES string of the molecule is CN(CC(=O)N(Cc1ccco1)CC(F)(F)F)C1c2cc(Cl)cc(Cl)c2CC1O. The first-order chi connectivity index (χ1) is 13.5. The van der Waals surface area contributed by atoms with Crippen LogP contribution in [0.2, 0.25) is 10.0 Å². The van der Waals surface area contributed by atoms with Gasteiger partial charge < -0.3 is 14.4 Å². The second-order valence-corrected chi connectivity index (χ2v) is 7.87. The van der Waals surface area contributed by atoms with Crippen LogP contribution >= 0.6 is 23.2 Å². The highest BCUT2D eigenvalue weighted by Crippen LogP contribution is 2.40. The summed E-state index contributed by atoms with van der Waals surface area (Å²) in [5.41, 5.74) is 1.38. The van der Waals surface area contributed by atoms with Gasteiger partial charge in [0.05, 0.1) is 31.5 Å². The number of fused-ring (bicyclic) bond motifs is 1. The van der Waals surface area contributed by atoms with Crippen molar-refractivity contribution in [1.29, 1.82) is 0 Å². The van der Waals surface area contributed by atoms with E-state index in [1.807, 2.05) is 0 Å². The molecule has 0 aliphatic heterocycles. The highest BCUT2D eigenvalue weighted by molar-refractivity contribution is 6.35. The molecule has 1 aromatic carbocycles. The number of amides is 1. The summed E-state index contributed by atoms with van der Waals surface area (Å²) in [7, 11) is 1.56. The maximum Gasteiger partial charge on any atom is 0.406 e. The smallest absolute Gasteiger partial charge is 0.406 e. The summed E-state index contributed by atoms with van der Waals surface area (Å²) < 4.78 is 44.0. The molecule has 2 aromatic rings. The molecule has 158 valence electrons. The minimum atomic E-state index is -4.55. The van der Waals surface area contributed by atoms with Gasteiger partial charge in [0.25, 0.3) is 0 Å². The van der Waals surface area contributed by atoms with Gasteiger partial charge in [0, 0.05) is 16.5 Å². The second kappa shape index (κ2) is 8.55. The average molecular weight is 451 g/mol. The van der Waals surface area contributed by atoms with E-state index in [1.165, 1.54) is 23.3 Å². The van der Waals surface area contributed by atoms with Gasteiger partial charge in [-0.2, -0.15) is 13.2 Å². The monoisotopic (exact) mass is 450 g/mol. The van der Waals surface area contributed by atoms with Crippen molar-refractivity contribution in [3.63, 3.8) is 0 Å². The molecular formula is C19H19Cl2F3N2O3. The Bertz CT molecular complexity index is 874. The largest absolute Gasteiger partial charge is 0.467 e. The number of alkyl halides is 3. The lowest BCUT2D eigenvalue weighted by atomic mass is 10.1. The highest BCUT2D eigenvalue weighted by Gasteiger charge is 2.38. The zero-order chi connectivity index (χ0) is 21.3. The zero-order valence-electron chi connectivity index (χ0n) is 15.4. The highest BCUT2D eigenvalue weighted by atomic mass is 35.5. The molecule has 1 aliphatic rings. The number of hydrogen-bond acceptors (Lipinski definition) is 4. The number of carbonyl (C=O) groups is 1. The van der Waals surface area contributed by atoms with Gasteiger partial charge in [0.2, 0.25) is 5.91 Å². The molecule has 5 nitrogen and oxygen atoms in total. The number of aliphatic hydroxyl groups excluding tert-OH is 1. The molecule has 1 aromatic heterocycles. The Hall–Kier alpha value is -1.74. The van der Waals surface area contributed by atoms with Gasteiger partial charge in [-0.1, -0.05) is 23.2 Å². The molecule has 1 heterocycles. The molecule has 29 heavy (non-hydrogen) atoms. The van der Waals surface area contributed by atoms with Crippen molar-refractivity contribution in [3.05, 3.63) is 57.5 Å². The van der Waals surface area contributed by atoms with E-state index in [0.717, 1.165) is 5.56 Å². The van der Waals surface area contributed by atoms with E-state index in [1.54, 1.807) is 19.2 Å². The maximum atomic E-state index is 13.0. The number of hydrogen-bond donors (Lipinski definition) is 1. The lowest BCUT2D eigenvalue weighted by Crippen LogP contribution is -2.45. The van der Waals surface area contributed by atoms with Crippen LogP contribution in [0.3, 0.4) is 0 Å². The third-order valence-corrected chi connectivity index (χ3v) is 5.36. The summed E-state index contributed by atoms with van der Waals surface area (Å²) in [5.74, 6) is -0.495. The fourth-order valence-corrected chi connectivity index (χ4v) is 4.20. The van der Waals surface area contributed by atoms with Crippen molar-refractivity contribution in [3.8, 4) is 0 Å². The number of rotatable bonds is 6. The number of benzene rings is 1. The third-order valence-electron chi connectivity index (χ3n) is 4.80. The molecule has 0 saturated carbocycles. The zero-order valence-corrected chi connectivity index (χ0v) is 16.9. The van der Waals surface area contributed by atoms with Gasteiger partial charge in [-0.3, -0.25) is 9.69 Å². The van der Waals surface area contributed by atoms with E-state index in [2.05, 4.69) is 0 Å². The third kappa shape index (κ3) is 5.25. The molecule has 0 saturated heterocycles. The average Bonchev–Trinajstić information content (AvgIpc) is 3.20. The number of carbonyl (C=O) groups excluding carboxylic acids is 1. The predicted molar refractivity (Wildman–Crippen MR) is 102 cm³/mol. The van der Waals surface area contributed by atoms with E-state index in [4.69, 9.17) is 27.6 Å². The normalized spacial score (nSPS) is 18.9. The molecule has 1 N–H and O–H groups in total. The van der Waals surface area contributed by atoms with Crippen LogP contribution in [0, 0.1) is 0 Å². The van der Waals surface area contributed by atoms with Crippen molar-refractivity contribution < 1.29 is 27.5 Å². The lowest BCUT2D eigenvalue weighted by Gasteiger charge is -2.30. The fourth-order valence-electron chi connectivity index (χ4n) is 3.61. The molecule has 2 atom stereocenters. The van der Waals surface area contributed by atoms with E-state index in [-0.39, 0.29) is 25.3 Å². The minimum absolute atomic E-state index is 0.245. The molecule has 3 rings (SSSR count). The summed E-state index contributed by atoms with van der Waals surface area (Å²) in [6.45, 7) is -2.04. The van der Waals surface area contributed by atoms with Crippen molar-refractivity contribution in [2.24, 2.45) is 0 Å². The lowest BCUT2D eigenvalue weighted by molar-refractivity contribution is -0.163. The Morgan fingerprint density at radius 1 is 1.34 bits per heavy atom. The predicted octanol–water partition coefficient (Wildman–Crippen LogP) is 4.07. The van der Waals surface area contributed by atoms with Crippen LogP contribution in [0.1, 0.15) is 22.9 Å². The van der Waals surface area contributed by atoms with Crippen LogP contribution in [0.25, 0.3) is 0 Å². The van der Waals surface area contributed by atoms with Gasteiger partial charge in [-0.25, -0.2) is 0 Å². The summed E-state index contributed by atoms with van der Waals surface area (Å²) in [6, 6.07) is 5.65. The Morgan fingerprint density at radius 3 is 2.69 bits per heavy atom. The molecule has 1 amide bonds. The van der Waals surface area contributed by atoms with Gasteiger partial charge in [0.1, 0.15) is 12.3 Å². The van der Waals surface area contributed by atoms with Gasteiger partial charge in [0.15, 0.2) is 0 Å². The fraction of sp³-hybridized carbons (Fsp3) is 0.421. The molecule has 0 spiro atoms. The summed E-state index contributed by atoms with van der Waals surface area (Å²) >= 11 is 12.3. The van der Waals surface area contributed by atoms with Crippen molar-refractivity contribution in [2.75, 3.05) is 20.1 Å². The Kier molecular flexibility index (Phi) is 6.48. The Labute approximate surface area is 175 Å². The van der Waals surface area contributed by atoms with Crippen LogP contribution in [0.4, 0.5) is 13.2 Å². The van der Waals surface area contributed by atoms with Gasteiger partial charge >= 0.3 is 6.18 Å². The van der Waals surface area contributed by atoms with Crippen molar-refractivity contribution in [1.82, 2.24) is 9.80 Å². The maximum absolute atomic E-state index is 13.0. The van der Waals surface area contributed by atoms with E-state index in [0.29, 0.717) is 20.5 Å². The molecular weight excluding hydrogens is 432 g/mol. The standard InChI is InChI=1S/C19H19Cl2F3N2O3/c1-25(18-14-5-11(20)6-15(21)13(14)7-16(18)27)9-17(28)26(10-19(22,23)24)8-12-3-2-4-29-12/h2-6,16,18,27H,7-10H2,1H3. The summed E-state index contributed by atoms with van der Waals surface area (Å²) in [5, 5.41) is 11.3. The van der Waals surface area contributed by atoms with Crippen molar-refractivity contribution in [2.45, 2.75) is 31.3 Å². The van der Waals surface area contributed by atoms with Gasteiger partial charge in [-0.15, -0.1) is 0 Å². The van der Waals surface area contributed by atoms with Crippen LogP contribution in [-0.2, 0) is 17.8 Å². The number of halogens is 5. The summed E-state index contributed by atoms with van der Waals surface area (Å²) in [6.07, 6.45) is -3.81. The van der Waals surface area contributed by atoms with Crippen molar-refractivity contribution >= 4 is 29.1 Å². The number of aliphatic hydroxyl groups is 1. The first-order valence-corrected chi connectivity index (χ1v) is 9.54. The quantitative estimate of drug-likeness (QED) is 0.720. The Balaban J connectivity index is 1.78. The second-order valence-electron chi connectivity index (χ2n) is 7.03. The number of likely N-dealkylation sites (N-methyl/N-ethyl adjacent to an activating group) is 1. The van der Waals surface area contributed by atoms with Gasteiger partial charge in [-0.05, 0) is 42.4 Å². The molecule has 0 radical (unpaired) electrons. The molecule has 1 aliphatic carbocycles. The topological polar surface area (TPSA) is 56.9 Å². The van der Waals surface area contributed by atoms with Crippen LogP contribution in [0.15, 0.2) is 34.9 Å². The number of nitrogens with zero attached hydrogens (tertiary/aromatic N) is 2. The van der Waals surface area contributed by atoms with Crippen LogP contribution in [0.5, 0.6) is 0 Å². The molecule has 0 fully saturated rings. The minimum Gasteiger partial charge on any atom is -0.467 e. The van der Waals surface area contributed by atoms with E-state index >= 15 is 0 Å².